The van der Waals surface area contributed by atoms with Crippen molar-refractivity contribution in [2.45, 2.75) is 23.0 Å². The number of rotatable bonds is 4. The maximum absolute atomic E-state index is 13.0. The highest BCUT2D eigenvalue weighted by atomic mass is 32.2. The highest BCUT2D eigenvalue weighted by Crippen LogP contribution is 2.36. The fraction of sp³-hybridized carbons (Fsp3) is 0.294. The van der Waals surface area contributed by atoms with Gasteiger partial charge in [-0.15, -0.1) is 11.8 Å². The molecular weight excluding hydrogens is 341 g/mol. The Morgan fingerprint density at radius 2 is 2.12 bits per heavy atom. The smallest absolute Gasteiger partial charge is 0.207 e. The van der Waals surface area contributed by atoms with Crippen LogP contribution in [0.15, 0.2) is 41.7 Å². The first-order chi connectivity index (χ1) is 12.0. The van der Waals surface area contributed by atoms with Crippen LogP contribution >= 0.6 is 11.8 Å². The van der Waals surface area contributed by atoms with E-state index in [1.165, 1.54) is 18.5 Å². The number of anilines is 1. The molecule has 1 aliphatic rings. The van der Waals surface area contributed by atoms with E-state index in [4.69, 9.17) is 10.8 Å². The number of nitrogens with one attached hydrogen (secondary N) is 2. The van der Waals surface area contributed by atoms with Gasteiger partial charge in [-0.1, -0.05) is 0 Å². The predicted molar refractivity (Wildman–Crippen MR) is 97.1 cm³/mol. The molecule has 3 aromatic rings. The molecule has 6 nitrogen and oxygen atoms in total. The van der Waals surface area contributed by atoms with Crippen LogP contribution in [0.1, 0.15) is 12.0 Å². The number of nitrogens with zero attached hydrogens (tertiary/aromatic N) is 2. The molecule has 8 heteroatoms. The molecule has 4 rings (SSSR count). The quantitative estimate of drug-likeness (QED) is 0.486. The van der Waals surface area contributed by atoms with E-state index in [2.05, 4.69) is 20.3 Å². The Labute approximate surface area is 148 Å². The second-order valence-corrected chi connectivity index (χ2v) is 7.41. The average molecular weight is 360 g/mol. The number of aromatic amines is 1. The summed E-state index contributed by atoms with van der Waals surface area (Å²) in [5.41, 5.74) is 7.37. The van der Waals surface area contributed by atoms with Gasteiger partial charge in [0.05, 0.1) is 12.1 Å². The molecule has 3 heterocycles. The van der Waals surface area contributed by atoms with Crippen molar-refractivity contribution in [3.8, 4) is 0 Å². The summed E-state index contributed by atoms with van der Waals surface area (Å²) >= 11 is 1.66. The van der Waals surface area contributed by atoms with Gasteiger partial charge in [-0.25, -0.2) is 14.4 Å². The fourth-order valence-corrected chi connectivity index (χ4v) is 4.22. The van der Waals surface area contributed by atoms with Crippen LogP contribution < -0.4 is 11.1 Å². The van der Waals surface area contributed by atoms with Crippen LogP contribution in [0.25, 0.3) is 11.0 Å². The van der Waals surface area contributed by atoms with Crippen LogP contribution in [-0.4, -0.2) is 38.4 Å². The lowest BCUT2D eigenvalue weighted by atomic mass is 9.93. The Morgan fingerprint density at radius 1 is 1.32 bits per heavy atom. The summed E-state index contributed by atoms with van der Waals surface area (Å²) in [5, 5.41) is 12.3. The van der Waals surface area contributed by atoms with Crippen LogP contribution in [0.5, 0.6) is 0 Å². The molecule has 1 unspecified atom stereocenters. The van der Waals surface area contributed by atoms with Crippen molar-refractivity contribution in [2.24, 2.45) is 0 Å². The van der Waals surface area contributed by atoms with E-state index < -0.39 is 5.60 Å². The summed E-state index contributed by atoms with van der Waals surface area (Å²) in [5.74, 6) is 0.995. The number of hydrogen-bond acceptors (Lipinski definition) is 5. The minimum Gasteiger partial charge on any atom is -0.436 e. The Morgan fingerprint density at radius 3 is 2.92 bits per heavy atom. The number of H-pyrrole nitrogens is 1. The van der Waals surface area contributed by atoms with Crippen molar-refractivity contribution in [1.82, 2.24) is 20.3 Å². The fourth-order valence-electron chi connectivity index (χ4n) is 3.26. The molecule has 1 saturated heterocycles. The minimum atomic E-state index is -0.757. The van der Waals surface area contributed by atoms with Crippen molar-refractivity contribution >= 4 is 28.6 Å². The lowest BCUT2D eigenvalue weighted by molar-refractivity contribution is 0.0580. The van der Waals surface area contributed by atoms with Crippen molar-refractivity contribution in [3.05, 3.63) is 48.2 Å². The van der Waals surface area contributed by atoms with E-state index in [-0.39, 0.29) is 11.9 Å². The Hall–Kier alpha value is -2.16. The molecule has 0 saturated carbocycles. The third-order valence-electron chi connectivity index (χ3n) is 4.56. The highest BCUT2D eigenvalue weighted by Gasteiger charge is 2.45. The van der Waals surface area contributed by atoms with Crippen molar-refractivity contribution in [2.75, 3.05) is 18.0 Å². The average Bonchev–Trinajstić information content (AvgIpc) is 3.20. The highest BCUT2D eigenvalue weighted by molar-refractivity contribution is 7.99. The molecule has 0 spiro atoms. The molecule has 2 aromatic heterocycles. The van der Waals surface area contributed by atoms with Gasteiger partial charge >= 0.3 is 0 Å². The van der Waals surface area contributed by atoms with Gasteiger partial charge in [0.2, 0.25) is 5.60 Å². The summed E-state index contributed by atoms with van der Waals surface area (Å²) in [6.45, 7) is 0.554. The normalized spacial score (nSPS) is 23.4. The summed E-state index contributed by atoms with van der Waals surface area (Å²) in [6, 6.07) is 6.70. The Balaban J connectivity index is 1.48. The predicted octanol–water partition coefficient (Wildman–Crippen LogP) is 1.75. The number of aromatic nitrogens is 3. The van der Waals surface area contributed by atoms with Gasteiger partial charge in [0, 0.05) is 29.3 Å². The van der Waals surface area contributed by atoms with Gasteiger partial charge in [-0.3, -0.25) is 0 Å². The van der Waals surface area contributed by atoms with Crippen molar-refractivity contribution in [1.29, 1.82) is 0 Å². The lowest BCUT2D eigenvalue weighted by Gasteiger charge is -2.16. The lowest BCUT2D eigenvalue weighted by Crippen LogP contribution is -2.28. The standard InChI is InChI=1S/C17H18FN5OS/c18-10-1-3-12(4-2-10)25-7-11-5-17(24,8-21-11)13-6-20-15-14(13)22-9-23-16(15)19/h1-4,6,9,11,20-21,24H,5,7-8H2,(H2,19,22,23)/p+1/t11-,17?/m0/s1. The van der Waals surface area contributed by atoms with E-state index in [1.54, 1.807) is 23.9 Å². The number of nitrogens with two attached hydrogens (primary N) is 1. The van der Waals surface area contributed by atoms with E-state index in [0.29, 0.717) is 24.3 Å². The second-order valence-electron chi connectivity index (χ2n) is 6.31. The summed E-state index contributed by atoms with van der Waals surface area (Å²) in [7, 11) is 0. The number of thioether (sulfide) groups is 1. The molecule has 0 bridgehead atoms. The molecule has 1 fully saturated rings. The zero-order chi connectivity index (χ0) is 17.4. The molecular formula is C17H19FN5OS+. The first-order valence-corrected chi connectivity index (χ1v) is 8.98. The maximum Gasteiger partial charge on any atom is 0.207 e. The topological polar surface area (TPSA) is 103 Å². The number of hydrogen-bond donors (Lipinski definition) is 3. The van der Waals surface area contributed by atoms with Crippen molar-refractivity contribution < 1.29 is 9.50 Å². The first kappa shape index (κ1) is 16.3. The van der Waals surface area contributed by atoms with E-state index in [9.17, 15) is 4.39 Å². The second kappa shape index (κ2) is 6.29. The van der Waals surface area contributed by atoms with Gasteiger partial charge in [0.15, 0.2) is 5.82 Å². The van der Waals surface area contributed by atoms with Gasteiger partial charge in [0.1, 0.15) is 23.2 Å². The van der Waals surface area contributed by atoms with Crippen LogP contribution in [0, 0.1) is 5.82 Å². The summed E-state index contributed by atoms with van der Waals surface area (Å²) < 4.78 is 13.0. The van der Waals surface area contributed by atoms with E-state index in [0.717, 1.165) is 21.7 Å². The van der Waals surface area contributed by atoms with Crippen molar-refractivity contribution in [3.63, 3.8) is 0 Å². The zero-order valence-corrected chi connectivity index (χ0v) is 14.2. The Kier molecular flexibility index (Phi) is 4.10. The van der Waals surface area contributed by atoms with Crippen LogP contribution in [-0.2, 0) is 5.60 Å². The van der Waals surface area contributed by atoms with Crippen LogP contribution in [0.3, 0.4) is 0 Å². The van der Waals surface area contributed by atoms with Crippen LogP contribution in [0.4, 0.5) is 10.2 Å². The molecule has 130 valence electrons. The molecule has 25 heavy (non-hydrogen) atoms. The van der Waals surface area contributed by atoms with Gasteiger partial charge in [-0.2, -0.15) is 0 Å². The SMILES string of the molecule is Nc1ncnc2c(C3([OH2+])CN[C@H](CSc4ccc(F)cc4)C3)c[nH]c12. The molecule has 0 amide bonds. The van der Waals surface area contributed by atoms with E-state index >= 15 is 0 Å². The molecule has 0 radical (unpaired) electrons. The molecule has 2 atom stereocenters. The number of halogens is 1. The van der Waals surface area contributed by atoms with Gasteiger partial charge in [0.25, 0.3) is 0 Å². The Bertz CT molecular complexity index is 900. The maximum atomic E-state index is 13.0. The monoisotopic (exact) mass is 360 g/mol. The summed E-state index contributed by atoms with van der Waals surface area (Å²) in [4.78, 5) is 12.4. The largest absolute Gasteiger partial charge is 0.436 e. The van der Waals surface area contributed by atoms with Crippen LogP contribution in [0.2, 0.25) is 0 Å². The zero-order valence-electron chi connectivity index (χ0n) is 13.4. The minimum absolute atomic E-state index is 0.205. The number of nitrogen functional groups attached to an aromatic ring is 1. The summed E-state index contributed by atoms with van der Waals surface area (Å²) in [6.07, 6.45) is 3.93. The first-order valence-electron chi connectivity index (χ1n) is 8.00. The number of benzene rings is 1. The van der Waals surface area contributed by atoms with Gasteiger partial charge in [-0.05, 0) is 24.3 Å². The molecule has 0 aliphatic carbocycles. The van der Waals surface area contributed by atoms with E-state index in [1.807, 2.05) is 6.20 Å². The van der Waals surface area contributed by atoms with Gasteiger partial charge < -0.3 is 21.1 Å². The third kappa shape index (κ3) is 3.08. The number of fused-ring (bicyclic) bond motifs is 1. The molecule has 1 aliphatic heterocycles. The third-order valence-corrected chi connectivity index (χ3v) is 5.73. The molecule has 6 N–H and O–H groups in total. The molecule has 1 aromatic carbocycles.